The van der Waals surface area contributed by atoms with Crippen molar-refractivity contribution in [3.63, 3.8) is 0 Å². The van der Waals surface area contributed by atoms with Crippen molar-refractivity contribution in [1.82, 2.24) is 0 Å². The molecule has 27 heavy (non-hydrogen) atoms. The van der Waals surface area contributed by atoms with Gasteiger partial charge < -0.3 is 9.47 Å². The number of rotatable bonds is 7. The maximum atomic E-state index is 11.9. The SMILES string of the molecule is C=C(C)C(=O)OCCOc1ccc(C(=O)OOC(=O)c2ccccc2)cc1. The smallest absolute Gasteiger partial charge is 0.386 e. The molecule has 0 saturated carbocycles. The van der Waals surface area contributed by atoms with Gasteiger partial charge in [0.1, 0.15) is 19.0 Å². The van der Waals surface area contributed by atoms with Crippen molar-refractivity contribution >= 4 is 17.9 Å². The van der Waals surface area contributed by atoms with Crippen molar-refractivity contribution < 1.29 is 33.6 Å². The maximum Gasteiger partial charge on any atom is 0.386 e. The van der Waals surface area contributed by atoms with Crippen LogP contribution in [0.4, 0.5) is 0 Å². The Morgan fingerprint density at radius 1 is 0.815 bits per heavy atom. The van der Waals surface area contributed by atoms with E-state index in [0.29, 0.717) is 11.3 Å². The predicted molar refractivity (Wildman–Crippen MR) is 95.0 cm³/mol. The molecule has 0 radical (unpaired) electrons. The molecule has 0 aromatic heterocycles. The summed E-state index contributed by atoms with van der Waals surface area (Å²) >= 11 is 0. The predicted octanol–water partition coefficient (Wildman–Crippen LogP) is 3.11. The first-order chi connectivity index (χ1) is 13.0. The van der Waals surface area contributed by atoms with Crippen LogP contribution in [0.2, 0.25) is 0 Å². The van der Waals surface area contributed by atoms with Gasteiger partial charge in [0.15, 0.2) is 0 Å². The molecule has 2 aromatic rings. The van der Waals surface area contributed by atoms with Gasteiger partial charge in [0.05, 0.1) is 11.1 Å². The van der Waals surface area contributed by atoms with Crippen LogP contribution in [-0.2, 0) is 19.3 Å². The molecule has 0 aliphatic carbocycles. The fourth-order valence-electron chi connectivity index (χ4n) is 1.85. The first-order valence-electron chi connectivity index (χ1n) is 8.01. The van der Waals surface area contributed by atoms with E-state index in [1.54, 1.807) is 25.1 Å². The van der Waals surface area contributed by atoms with Crippen LogP contribution in [0.1, 0.15) is 27.6 Å². The Bertz CT molecular complexity index is 810. The number of hydrogen-bond donors (Lipinski definition) is 0. The van der Waals surface area contributed by atoms with Crippen molar-refractivity contribution in [1.29, 1.82) is 0 Å². The lowest BCUT2D eigenvalue weighted by Crippen LogP contribution is -2.13. The van der Waals surface area contributed by atoms with E-state index >= 15 is 0 Å². The molecule has 0 bridgehead atoms. The summed E-state index contributed by atoms with van der Waals surface area (Å²) in [7, 11) is 0. The van der Waals surface area contributed by atoms with Crippen LogP contribution in [0.3, 0.4) is 0 Å². The zero-order chi connectivity index (χ0) is 19.6. The second kappa shape index (κ2) is 9.76. The van der Waals surface area contributed by atoms with E-state index in [2.05, 4.69) is 16.4 Å². The normalized spacial score (nSPS) is 9.81. The van der Waals surface area contributed by atoms with Gasteiger partial charge >= 0.3 is 17.9 Å². The molecule has 0 aliphatic rings. The first-order valence-corrected chi connectivity index (χ1v) is 8.01. The van der Waals surface area contributed by atoms with E-state index < -0.39 is 17.9 Å². The van der Waals surface area contributed by atoms with Crippen LogP contribution >= 0.6 is 0 Å². The number of benzene rings is 2. The topological polar surface area (TPSA) is 88.1 Å². The average Bonchev–Trinajstić information content (AvgIpc) is 2.70. The summed E-state index contributed by atoms with van der Waals surface area (Å²) in [5, 5.41) is 0. The molecule has 0 amide bonds. The molecule has 0 heterocycles. The number of carbonyl (C=O) groups excluding carboxylic acids is 3. The van der Waals surface area contributed by atoms with Crippen LogP contribution in [0.25, 0.3) is 0 Å². The molecule has 7 nitrogen and oxygen atoms in total. The summed E-state index contributed by atoms with van der Waals surface area (Å²) < 4.78 is 10.3. The Labute approximate surface area is 156 Å². The van der Waals surface area contributed by atoms with Gasteiger partial charge in [-0.25, -0.2) is 24.2 Å². The number of ether oxygens (including phenoxy) is 2. The van der Waals surface area contributed by atoms with Gasteiger partial charge in [-0.05, 0) is 43.3 Å². The minimum atomic E-state index is -0.818. The average molecular weight is 370 g/mol. The standard InChI is InChI=1S/C20H18O7/c1-14(2)18(21)25-13-12-24-17-10-8-16(9-11-17)20(23)27-26-19(22)15-6-4-3-5-7-15/h3-11H,1,12-13H2,2H3. The molecule has 2 rings (SSSR count). The minimum absolute atomic E-state index is 0.0743. The second-order valence-corrected chi connectivity index (χ2v) is 5.40. The minimum Gasteiger partial charge on any atom is -0.490 e. The summed E-state index contributed by atoms with van der Waals surface area (Å²) in [6, 6.07) is 14.1. The zero-order valence-electron chi connectivity index (χ0n) is 14.7. The molecule has 0 fully saturated rings. The van der Waals surface area contributed by atoms with Crippen LogP contribution < -0.4 is 4.74 Å². The highest BCUT2D eigenvalue weighted by atomic mass is 17.2. The van der Waals surface area contributed by atoms with Crippen LogP contribution in [0.15, 0.2) is 66.7 Å². The Morgan fingerprint density at radius 2 is 1.37 bits per heavy atom. The van der Waals surface area contributed by atoms with E-state index in [9.17, 15) is 14.4 Å². The monoisotopic (exact) mass is 370 g/mol. The summed E-state index contributed by atoms with van der Waals surface area (Å²) in [5.74, 6) is -1.60. The molecule has 140 valence electrons. The number of esters is 1. The Balaban J connectivity index is 1.77. The number of carbonyl (C=O) groups is 3. The summed E-state index contributed by atoms with van der Waals surface area (Å²) in [5.41, 5.74) is 0.754. The molecule has 0 saturated heterocycles. The van der Waals surface area contributed by atoms with Crippen molar-refractivity contribution in [3.8, 4) is 5.75 Å². The molecule has 0 unspecified atom stereocenters. The third-order valence-corrected chi connectivity index (χ3v) is 3.23. The zero-order valence-corrected chi connectivity index (χ0v) is 14.7. The summed E-state index contributed by atoms with van der Waals surface area (Å²) in [4.78, 5) is 43.9. The van der Waals surface area contributed by atoms with E-state index in [4.69, 9.17) is 9.47 Å². The lowest BCUT2D eigenvalue weighted by molar-refractivity contribution is -0.187. The van der Waals surface area contributed by atoms with E-state index in [-0.39, 0.29) is 24.3 Å². The van der Waals surface area contributed by atoms with Gasteiger partial charge in [-0.2, -0.15) is 0 Å². The van der Waals surface area contributed by atoms with Gasteiger partial charge in [0.25, 0.3) is 0 Å². The van der Waals surface area contributed by atoms with Crippen molar-refractivity contribution in [2.75, 3.05) is 13.2 Å². The highest BCUT2D eigenvalue weighted by Crippen LogP contribution is 2.13. The van der Waals surface area contributed by atoms with Crippen molar-refractivity contribution in [3.05, 3.63) is 77.9 Å². The second-order valence-electron chi connectivity index (χ2n) is 5.40. The summed E-state index contributed by atoms with van der Waals surface area (Å²) in [6.07, 6.45) is 0. The van der Waals surface area contributed by atoms with Crippen LogP contribution in [-0.4, -0.2) is 31.1 Å². The highest BCUT2D eigenvalue weighted by Gasteiger charge is 2.14. The quantitative estimate of drug-likeness (QED) is 0.243. The largest absolute Gasteiger partial charge is 0.490 e. The van der Waals surface area contributed by atoms with Crippen molar-refractivity contribution in [2.45, 2.75) is 6.92 Å². The summed E-state index contributed by atoms with van der Waals surface area (Å²) in [6.45, 7) is 5.25. The Hall–Kier alpha value is -3.61. The molecular formula is C20H18O7. The Kier molecular flexibility index (Phi) is 7.13. The van der Waals surface area contributed by atoms with Gasteiger partial charge in [-0.3, -0.25) is 0 Å². The van der Waals surface area contributed by atoms with Gasteiger partial charge in [0.2, 0.25) is 0 Å². The Morgan fingerprint density at radius 3 is 1.93 bits per heavy atom. The third-order valence-electron chi connectivity index (χ3n) is 3.23. The molecule has 2 aromatic carbocycles. The molecule has 0 N–H and O–H groups in total. The molecule has 0 aliphatic heterocycles. The fraction of sp³-hybridized carbons (Fsp3) is 0.150. The van der Waals surface area contributed by atoms with Gasteiger partial charge in [0, 0.05) is 5.57 Å². The highest BCUT2D eigenvalue weighted by molar-refractivity contribution is 5.92. The van der Waals surface area contributed by atoms with Crippen LogP contribution in [0, 0.1) is 0 Å². The lowest BCUT2D eigenvalue weighted by Gasteiger charge is -2.08. The third kappa shape index (κ3) is 6.32. The van der Waals surface area contributed by atoms with E-state index in [0.717, 1.165) is 0 Å². The van der Waals surface area contributed by atoms with Gasteiger partial charge in [-0.1, -0.05) is 24.8 Å². The first kappa shape index (κ1) is 19.7. The van der Waals surface area contributed by atoms with E-state index in [1.807, 2.05) is 0 Å². The molecule has 0 spiro atoms. The molecule has 0 atom stereocenters. The maximum absolute atomic E-state index is 11.9. The van der Waals surface area contributed by atoms with Gasteiger partial charge in [-0.15, -0.1) is 0 Å². The number of hydrogen-bond acceptors (Lipinski definition) is 7. The molecular weight excluding hydrogens is 352 g/mol. The molecule has 7 heteroatoms. The van der Waals surface area contributed by atoms with Crippen molar-refractivity contribution in [2.24, 2.45) is 0 Å². The fourth-order valence-corrected chi connectivity index (χ4v) is 1.85. The van der Waals surface area contributed by atoms with E-state index in [1.165, 1.54) is 36.4 Å². The van der Waals surface area contributed by atoms with Crippen LogP contribution in [0.5, 0.6) is 5.75 Å². The lowest BCUT2D eigenvalue weighted by atomic mass is 10.2.